The van der Waals surface area contributed by atoms with E-state index in [2.05, 4.69) is 36.0 Å². The van der Waals surface area contributed by atoms with Gasteiger partial charge in [0.05, 0.1) is 0 Å². The van der Waals surface area contributed by atoms with Gasteiger partial charge in [-0.05, 0) is 56.4 Å². The quantitative estimate of drug-likeness (QED) is 0.863. The maximum atomic E-state index is 13.2. The summed E-state index contributed by atoms with van der Waals surface area (Å²) in [6.45, 7) is 7.75. The van der Waals surface area contributed by atoms with Crippen LogP contribution in [0.4, 0.5) is 10.2 Å². The van der Waals surface area contributed by atoms with E-state index in [-0.39, 0.29) is 11.7 Å². The van der Waals surface area contributed by atoms with Gasteiger partial charge in [-0.25, -0.2) is 14.4 Å². The number of nitrogens with one attached hydrogen (secondary N) is 1. The van der Waals surface area contributed by atoms with Gasteiger partial charge in [-0.1, -0.05) is 13.8 Å². The Morgan fingerprint density at radius 1 is 1.30 bits per heavy atom. The summed E-state index contributed by atoms with van der Waals surface area (Å²) in [6, 6.07) is 6.42. The molecule has 1 amide bonds. The van der Waals surface area contributed by atoms with E-state index in [1.54, 1.807) is 18.3 Å². The zero-order chi connectivity index (χ0) is 19.4. The average Bonchev–Trinajstić information content (AvgIpc) is 2.66. The van der Waals surface area contributed by atoms with Crippen LogP contribution < -0.4 is 10.2 Å². The fourth-order valence-corrected chi connectivity index (χ4v) is 3.29. The summed E-state index contributed by atoms with van der Waals surface area (Å²) in [4.78, 5) is 24.1. The summed E-state index contributed by atoms with van der Waals surface area (Å²) >= 11 is 0. The molecule has 1 N–H and O–H groups in total. The van der Waals surface area contributed by atoms with E-state index in [0.29, 0.717) is 35.7 Å². The fraction of sp³-hybridized carbons (Fsp3) is 0.476. The van der Waals surface area contributed by atoms with Gasteiger partial charge in [-0.2, -0.15) is 0 Å². The van der Waals surface area contributed by atoms with Crippen molar-refractivity contribution in [1.29, 1.82) is 0 Å². The van der Waals surface area contributed by atoms with Crippen LogP contribution in [0.15, 0.2) is 30.5 Å². The lowest BCUT2D eigenvalue weighted by atomic mass is 10.0. The summed E-state index contributed by atoms with van der Waals surface area (Å²) < 4.78 is 13.2. The predicted octanol–water partition coefficient (Wildman–Crippen LogP) is 4.05. The van der Waals surface area contributed by atoms with Gasteiger partial charge in [-0.15, -0.1) is 0 Å². The van der Waals surface area contributed by atoms with E-state index in [0.717, 1.165) is 24.9 Å². The number of halogens is 1. The van der Waals surface area contributed by atoms with Crippen molar-refractivity contribution in [3.8, 4) is 11.4 Å². The molecular formula is C21H27FN4O. The lowest BCUT2D eigenvalue weighted by molar-refractivity contribution is 0.0948. The fourth-order valence-electron chi connectivity index (χ4n) is 3.29. The smallest absolute Gasteiger partial charge is 0.256 e. The summed E-state index contributed by atoms with van der Waals surface area (Å²) in [6.07, 6.45) is 4.93. The lowest BCUT2D eigenvalue weighted by Gasteiger charge is -2.35. The van der Waals surface area contributed by atoms with Gasteiger partial charge >= 0.3 is 0 Å². The van der Waals surface area contributed by atoms with Crippen molar-refractivity contribution in [2.24, 2.45) is 5.92 Å². The molecule has 144 valence electrons. The first-order valence-electron chi connectivity index (χ1n) is 9.63. The van der Waals surface area contributed by atoms with Crippen LogP contribution in [0, 0.1) is 11.7 Å². The first kappa shape index (κ1) is 19.3. The van der Waals surface area contributed by atoms with Gasteiger partial charge in [0.15, 0.2) is 5.82 Å². The van der Waals surface area contributed by atoms with Crippen molar-refractivity contribution in [1.82, 2.24) is 15.3 Å². The zero-order valence-electron chi connectivity index (χ0n) is 16.2. The Morgan fingerprint density at radius 2 is 2.04 bits per heavy atom. The van der Waals surface area contributed by atoms with Gasteiger partial charge in [0.25, 0.3) is 5.91 Å². The number of aromatic nitrogens is 2. The number of carbonyl (C=O) groups is 1. The lowest BCUT2D eigenvalue weighted by Crippen LogP contribution is -2.40. The number of benzene rings is 1. The summed E-state index contributed by atoms with van der Waals surface area (Å²) in [7, 11) is 0. The van der Waals surface area contributed by atoms with Crippen LogP contribution in [-0.2, 0) is 0 Å². The van der Waals surface area contributed by atoms with Gasteiger partial charge in [0.2, 0.25) is 0 Å². The molecule has 1 fully saturated rings. The molecule has 2 heterocycles. The summed E-state index contributed by atoms with van der Waals surface area (Å²) in [5.74, 6) is 1.09. The van der Waals surface area contributed by atoms with Crippen LogP contribution in [0.2, 0.25) is 0 Å². The normalized spacial score (nSPS) is 17.2. The van der Waals surface area contributed by atoms with Gasteiger partial charge in [-0.3, -0.25) is 4.79 Å². The maximum Gasteiger partial charge on any atom is 0.256 e. The van der Waals surface area contributed by atoms with E-state index in [9.17, 15) is 9.18 Å². The van der Waals surface area contributed by atoms with Gasteiger partial charge in [0.1, 0.15) is 17.2 Å². The molecule has 1 aliphatic rings. The van der Waals surface area contributed by atoms with E-state index < -0.39 is 0 Å². The minimum absolute atomic E-state index is 0.151. The predicted molar refractivity (Wildman–Crippen MR) is 105 cm³/mol. The van der Waals surface area contributed by atoms with Crippen molar-refractivity contribution in [3.05, 3.63) is 41.8 Å². The van der Waals surface area contributed by atoms with Crippen LogP contribution in [0.25, 0.3) is 11.4 Å². The third-order valence-electron chi connectivity index (χ3n) is 4.86. The number of anilines is 1. The molecule has 1 atom stereocenters. The Hall–Kier alpha value is -2.50. The number of rotatable bonds is 5. The second-order valence-electron chi connectivity index (χ2n) is 7.58. The van der Waals surface area contributed by atoms with Gasteiger partial charge in [0, 0.05) is 30.9 Å². The number of hydrogen-bond donors (Lipinski definition) is 1. The van der Waals surface area contributed by atoms with Crippen LogP contribution >= 0.6 is 0 Å². The highest BCUT2D eigenvalue weighted by Crippen LogP contribution is 2.28. The third-order valence-corrected chi connectivity index (χ3v) is 4.86. The van der Waals surface area contributed by atoms with Crippen molar-refractivity contribution in [3.63, 3.8) is 0 Å². The van der Waals surface area contributed by atoms with Crippen LogP contribution in [0.5, 0.6) is 0 Å². The molecular weight excluding hydrogens is 343 g/mol. The Morgan fingerprint density at radius 3 is 2.70 bits per heavy atom. The Bertz CT molecular complexity index is 791. The van der Waals surface area contributed by atoms with E-state index in [1.807, 2.05) is 0 Å². The SMILES string of the molecule is CC(C)CNC(=O)c1cnc(-c2ccc(F)cc2)nc1N1CCCCC1C. The first-order chi connectivity index (χ1) is 13.0. The van der Waals surface area contributed by atoms with Crippen LogP contribution in [0.1, 0.15) is 50.4 Å². The number of hydrogen-bond acceptors (Lipinski definition) is 4. The van der Waals surface area contributed by atoms with Crippen LogP contribution in [-0.4, -0.2) is 35.0 Å². The molecule has 0 radical (unpaired) electrons. The number of amides is 1. The maximum absolute atomic E-state index is 13.2. The molecule has 1 aliphatic heterocycles. The molecule has 1 aromatic heterocycles. The molecule has 2 aromatic rings. The molecule has 1 unspecified atom stereocenters. The topological polar surface area (TPSA) is 58.1 Å². The second kappa shape index (κ2) is 8.46. The first-order valence-corrected chi connectivity index (χ1v) is 9.63. The third kappa shape index (κ3) is 4.62. The number of piperidine rings is 1. The van der Waals surface area contributed by atoms with Crippen molar-refractivity contribution < 1.29 is 9.18 Å². The minimum atomic E-state index is -0.298. The van der Waals surface area contributed by atoms with Crippen LogP contribution in [0.3, 0.4) is 0 Å². The standard InChI is InChI=1S/C21H27FN4O/c1-14(2)12-24-21(27)18-13-23-19(16-7-9-17(22)10-8-16)25-20(18)26-11-5-4-6-15(26)3/h7-10,13-15H,4-6,11-12H2,1-3H3,(H,24,27). The molecule has 0 spiro atoms. The number of carbonyl (C=O) groups excluding carboxylic acids is 1. The molecule has 0 aliphatic carbocycles. The van der Waals surface area contributed by atoms with E-state index in [1.165, 1.54) is 18.6 Å². The van der Waals surface area contributed by atoms with Crippen molar-refractivity contribution >= 4 is 11.7 Å². The average molecular weight is 370 g/mol. The monoisotopic (exact) mass is 370 g/mol. The zero-order valence-corrected chi connectivity index (χ0v) is 16.2. The Labute approximate surface area is 160 Å². The molecule has 6 heteroatoms. The highest BCUT2D eigenvalue weighted by atomic mass is 19.1. The minimum Gasteiger partial charge on any atom is -0.353 e. The van der Waals surface area contributed by atoms with Crippen molar-refractivity contribution in [2.75, 3.05) is 18.0 Å². The summed E-state index contributed by atoms with van der Waals surface area (Å²) in [5.41, 5.74) is 1.23. The second-order valence-corrected chi connectivity index (χ2v) is 7.58. The van der Waals surface area contributed by atoms with Gasteiger partial charge < -0.3 is 10.2 Å². The highest BCUT2D eigenvalue weighted by Gasteiger charge is 2.26. The molecule has 1 saturated heterocycles. The molecule has 27 heavy (non-hydrogen) atoms. The van der Waals surface area contributed by atoms with E-state index in [4.69, 9.17) is 4.98 Å². The summed E-state index contributed by atoms with van der Waals surface area (Å²) in [5, 5.41) is 2.96. The molecule has 5 nitrogen and oxygen atoms in total. The van der Waals surface area contributed by atoms with E-state index >= 15 is 0 Å². The molecule has 0 bridgehead atoms. The molecule has 1 aromatic carbocycles. The Kier molecular flexibility index (Phi) is 6.04. The Balaban J connectivity index is 1.99. The highest BCUT2D eigenvalue weighted by molar-refractivity contribution is 5.99. The largest absolute Gasteiger partial charge is 0.353 e. The number of nitrogens with zero attached hydrogens (tertiary/aromatic N) is 3. The molecule has 3 rings (SSSR count). The van der Waals surface area contributed by atoms with Crippen molar-refractivity contribution in [2.45, 2.75) is 46.1 Å². The molecule has 0 saturated carbocycles.